The molecule has 0 spiro atoms. The number of nitrogens with one attached hydrogen (secondary N) is 2. The van der Waals surface area contributed by atoms with Gasteiger partial charge >= 0.3 is 6.09 Å². The van der Waals surface area contributed by atoms with Gasteiger partial charge in [0.05, 0.1) is 6.04 Å². The van der Waals surface area contributed by atoms with E-state index >= 15 is 0 Å². The van der Waals surface area contributed by atoms with Gasteiger partial charge in [-0.1, -0.05) is 23.2 Å². The Morgan fingerprint density at radius 1 is 1.29 bits per heavy atom. The molecule has 2 N–H and O–H groups in total. The number of carbonyl (C=O) groups is 1. The van der Waals surface area contributed by atoms with Crippen molar-refractivity contribution in [3.63, 3.8) is 0 Å². The van der Waals surface area contributed by atoms with Gasteiger partial charge in [-0.25, -0.2) is 4.79 Å². The van der Waals surface area contributed by atoms with Crippen LogP contribution in [0.1, 0.15) is 39.7 Å². The van der Waals surface area contributed by atoms with Crippen molar-refractivity contribution in [3.05, 3.63) is 33.8 Å². The van der Waals surface area contributed by atoms with E-state index in [0.717, 1.165) is 11.4 Å². The summed E-state index contributed by atoms with van der Waals surface area (Å²) < 4.78 is 5.22. The summed E-state index contributed by atoms with van der Waals surface area (Å²) in [5.74, 6) is 0.772. The molecule has 1 aromatic carbocycles. The standard InChI is InChI=1S/C17H23Cl2N3O2/c1-10-14(5-6-20-16(23)24-17(2,3)4)22-15(21-10)11-7-12(18)9-13(19)8-11/h7-10,14H,5-6H2,1-4H3,(H,20,23)(H,21,22). The second-order valence-corrected chi connectivity index (χ2v) is 7.73. The second kappa shape index (κ2) is 7.62. The van der Waals surface area contributed by atoms with Crippen LogP contribution in [0, 0.1) is 0 Å². The highest BCUT2D eigenvalue weighted by atomic mass is 35.5. The van der Waals surface area contributed by atoms with Crippen LogP contribution in [0.15, 0.2) is 23.2 Å². The highest BCUT2D eigenvalue weighted by Gasteiger charge is 2.26. The first-order valence-electron chi connectivity index (χ1n) is 7.92. The smallest absolute Gasteiger partial charge is 0.407 e. The van der Waals surface area contributed by atoms with Crippen molar-refractivity contribution in [1.82, 2.24) is 10.6 Å². The molecule has 1 amide bonds. The third kappa shape index (κ3) is 5.56. The zero-order valence-corrected chi connectivity index (χ0v) is 15.8. The average Bonchev–Trinajstić information content (AvgIpc) is 2.77. The Labute approximate surface area is 152 Å². The molecule has 2 atom stereocenters. The molecule has 0 radical (unpaired) electrons. The van der Waals surface area contributed by atoms with Crippen LogP contribution in [0.25, 0.3) is 0 Å². The molecule has 7 heteroatoms. The molecule has 2 unspecified atom stereocenters. The fraction of sp³-hybridized carbons (Fsp3) is 0.529. The SMILES string of the molecule is CC1NC(c2cc(Cl)cc(Cl)c2)=NC1CCNC(=O)OC(C)(C)C. The summed E-state index contributed by atoms with van der Waals surface area (Å²) in [4.78, 5) is 16.3. The quantitative estimate of drug-likeness (QED) is 0.839. The summed E-state index contributed by atoms with van der Waals surface area (Å²) in [5, 5.41) is 7.25. The van der Waals surface area contributed by atoms with Crippen LogP contribution in [-0.2, 0) is 4.74 Å². The van der Waals surface area contributed by atoms with E-state index in [1.165, 1.54) is 0 Å². The van der Waals surface area contributed by atoms with Gasteiger partial charge in [0.15, 0.2) is 0 Å². The molecule has 0 bridgehead atoms. The largest absolute Gasteiger partial charge is 0.444 e. The number of benzene rings is 1. The number of aliphatic imine (C=N–C) groups is 1. The lowest BCUT2D eigenvalue weighted by atomic mass is 10.1. The topological polar surface area (TPSA) is 62.7 Å². The molecule has 1 aromatic rings. The van der Waals surface area contributed by atoms with Crippen molar-refractivity contribution in [1.29, 1.82) is 0 Å². The number of hydrogen-bond donors (Lipinski definition) is 2. The molecule has 1 aliphatic heterocycles. The average molecular weight is 372 g/mol. The van der Waals surface area contributed by atoms with Crippen LogP contribution in [0.3, 0.4) is 0 Å². The minimum absolute atomic E-state index is 0.0627. The van der Waals surface area contributed by atoms with Crippen molar-refractivity contribution < 1.29 is 9.53 Å². The monoisotopic (exact) mass is 371 g/mol. The number of amidine groups is 1. The summed E-state index contributed by atoms with van der Waals surface area (Å²) in [6, 6.07) is 5.57. The minimum atomic E-state index is -0.497. The maximum absolute atomic E-state index is 11.7. The van der Waals surface area contributed by atoms with E-state index in [9.17, 15) is 4.79 Å². The van der Waals surface area contributed by atoms with Gasteiger partial charge in [-0.05, 0) is 52.3 Å². The molecule has 0 saturated heterocycles. The van der Waals surface area contributed by atoms with Crippen LogP contribution in [-0.4, -0.2) is 36.2 Å². The molecule has 1 heterocycles. The van der Waals surface area contributed by atoms with E-state index in [-0.39, 0.29) is 12.1 Å². The number of amides is 1. The number of rotatable bonds is 4. The first-order valence-corrected chi connectivity index (χ1v) is 8.67. The molecule has 0 fully saturated rings. The number of nitrogens with zero attached hydrogens (tertiary/aromatic N) is 1. The highest BCUT2D eigenvalue weighted by Crippen LogP contribution is 2.22. The molecule has 0 aliphatic carbocycles. The van der Waals surface area contributed by atoms with Gasteiger partial charge in [0.25, 0.3) is 0 Å². The molecule has 24 heavy (non-hydrogen) atoms. The van der Waals surface area contributed by atoms with Gasteiger partial charge in [0.2, 0.25) is 0 Å². The van der Waals surface area contributed by atoms with E-state index in [1.54, 1.807) is 6.07 Å². The van der Waals surface area contributed by atoms with Gasteiger partial charge in [0, 0.05) is 28.2 Å². The Hall–Kier alpha value is -1.46. The number of halogens is 2. The number of carbonyl (C=O) groups excluding carboxylic acids is 1. The lowest BCUT2D eigenvalue weighted by Crippen LogP contribution is -2.36. The fourth-order valence-corrected chi connectivity index (χ4v) is 2.95. The Balaban J connectivity index is 1.92. The summed E-state index contributed by atoms with van der Waals surface area (Å²) in [6.07, 6.45) is 0.303. The molecular formula is C17H23Cl2N3O2. The number of ether oxygens (including phenoxy) is 1. The summed E-state index contributed by atoms with van der Waals surface area (Å²) >= 11 is 12.1. The first kappa shape index (κ1) is 18.9. The van der Waals surface area contributed by atoms with Crippen LogP contribution >= 0.6 is 23.2 Å². The summed E-state index contributed by atoms with van der Waals surface area (Å²) in [5.41, 5.74) is 0.366. The molecule has 132 valence electrons. The fourth-order valence-electron chi connectivity index (χ4n) is 2.43. The molecule has 2 rings (SSSR count). The third-order valence-electron chi connectivity index (χ3n) is 3.48. The van der Waals surface area contributed by atoms with E-state index in [0.29, 0.717) is 23.0 Å². The van der Waals surface area contributed by atoms with Crippen molar-refractivity contribution in [2.75, 3.05) is 6.54 Å². The van der Waals surface area contributed by atoms with Crippen LogP contribution in [0.2, 0.25) is 10.0 Å². The van der Waals surface area contributed by atoms with Gasteiger partial charge < -0.3 is 15.4 Å². The summed E-state index contributed by atoms with van der Waals surface area (Å²) in [6.45, 7) is 8.06. The molecule has 0 saturated carbocycles. The zero-order valence-electron chi connectivity index (χ0n) is 14.3. The predicted molar refractivity (Wildman–Crippen MR) is 98.2 cm³/mol. The van der Waals surface area contributed by atoms with E-state index in [4.69, 9.17) is 27.9 Å². The molecular weight excluding hydrogens is 349 g/mol. The lowest BCUT2D eigenvalue weighted by molar-refractivity contribution is 0.0526. The van der Waals surface area contributed by atoms with Crippen LogP contribution < -0.4 is 10.6 Å². The normalized spacial score (nSPS) is 20.3. The van der Waals surface area contributed by atoms with Crippen LogP contribution in [0.5, 0.6) is 0 Å². The maximum atomic E-state index is 11.7. The van der Waals surface area contributed by atoms with Gasteiger partial charge in [0.1, 0.15) is 11.4 Å². The highest BCUT2D eigenvalue weighted by molar-refractivity contribution is 6.35. The third-order valence-corrected chi connectivity index (χ3v) is 3.92. The van der Waals surface area contributed by atoms with Gasteiger partial charge in [-0.15, -0.1) is 0 Å². The van der Waals surface area contributed by atoms with Crippen molar-refractivity contribution >= 4 is 35.1 Å². The maximum Gasteiger partial charge on any atom is 0.407 e. The lowest BCUT2D eigenvalue weighted by Gasteiger charge is -2.20. The van der Waals surface area contributed by atoms with Gasteiger partial charge in [-0.3, -0.25) is 4.99 Å². The van der Waals surface area contributed by atoms with Crippen molar-refractivity contribution in [2.45, 2.75) is 51.8 Å². The van der Waals surface area contributed by atoms with E-state index < -0.39 is 11.7 Å². The Bertz CT molecular complexity index is 621. The molecule has 0 aromatic heterocycles. The zero-order chi connectivity index (χ0) is 17.9. The number of alkyl carbamates (subject to hydrolysis) is 1. The van der Waals surface area contributed by atoms with E-state index in [1.807, 2.05) is 32.9 Å². The van der Waals surface area contributed by atoms with Crippen LogP contribution in [0.4, 0.5) is 4.79 Å². The van der Waals surface area contributed by atoms with Crippen molar-refractivity contribution in [2.24, 2.45) is 4.99 Å². The van der Waals surface area contributed by atoms with E-state index in [2.05, 4.69) is 22.5 Å². The number of hydrogen-bond acceptors (Lipinski definition) is 4. The predicted octanol–water partition coefficient (Wildman–Crippen LogP) is 4.02. The Morgan fingerprint density at radius 3 is 2.50 bits per heavy atom. The Kier molecular flexibility index (Phi) is 5.99. The summed E-state index contributed by atoms with van der Waals surface area (Å²) in [7, 11) is 0. The second-order valence-electron chi connectivity index (χ2n) is 6.85. The van der Waals surface area contributed by atoms with Crippen molar-refractivity contribution in [3.8, 4) is 0 Å². The molecule has 5 nitrogen and oxygen atoms in total. The molecule has 1 aliphatic rings. The minimum Gasteiger partial charge on any atom is -0.444 e. The van der Waals surface area contributed by atoms with Gasteiger partial charge in [-0.2, -0.15) is 0 Å². The first-order chi connectivity index (χ1) is 11.1. The Morgan fingerprint density at radius 2 is 1.92 bits per heavy atom.